The average molecular weight is 195 g/mol. The van der Waals surface area contributed by atoms with Crippen molar-refractivity contribution in [3.05, 3.63) is 18.5 Å². The van der Waals surface area contributed by atoms with Crippen molar-refractivity contribution in [3.63, 3.8) is 0 Å². The molecule has 0 radical (unpaired) electrons. The highest BCUT2D eigenvalue weighted by molar-refractivity contribution is 5.85. The molecule has 1 rings (SSSR count). The number of ketones is 1. The Labute approximate surface area is 81.8 Å². The molecule has 76 valence electrons. The van der Waals surface area contributed by atoms with Crippen LogP contribution in [0.2, 0.25) is 0 Å². The third-order valence-electron chi connectivity index (χ3n) is 1.72. The molecule has 0 fully saturated rings. The molecule has 0 aromatic carbocycles. The Morgan fingerprint density at radius 2 is 2.50 bits per heavy atom. The maximum atomic E-state index is 11.4. The summed E-state index contributed by atoms with van der Waals surface area (Å²) in [6, 6.07) is -0.517. The number of nitrogens with two attached hydrogens (primary N) is 1. The Kier molecular flexibility index (Phi) is 3.47. The van der Waals surface area contributed by atoms with E-state index in [1.165, 1.54) is 4.80 Å². The second-order valence-corrected chi connectivity index (χ2v) is 2.97. The van der Waals surface area contributed by atoms with Crippen molar-refractivity contribution >= 4 is 5.78 Å². The Bertz CT molecular complexity index is 332. The molecule has 0 saturated carbocycles. The summed E-state index contributed by atoms with van der Waals surface area (Å²) in [5.41, 5.74) is 5.58. The van der Waals surface area contributed by atoms with Gasteiger partial charge in [-0.15, -0.1) is 16.8 Å². The van der Waals surface area contributed by atoms with Gasteiger partial charge in [-0.3, -0.25) is 4.79 Å². The Balaban J connectivity index is 2.52. The minimum atomic E-state index is -0.517. The van der Waals surface area contributed by atoms with Crippen molar-refractivity contribution in [1.82, 2.24) is 20.2 Å². The van der Waals surface area contributed by atoms with Crippen molar-refractivity contribution in [3.8, 4) is 0 Å². The van der Waals surface area contributed by atoms with Crippen LogP contribution in [-0.2, 0) is 18.3 Å². The predicted octanol–water partition coefficient (Wildman–Crippen LogP) is -0.775. The second kappa shape index (κ2) is 4.61. The van der Waals surface area contributed by atoms with Crippen LogP contribution < -0.4 is 5.73 Å². The maximum absolute atomic E-state index is 11.4. The lowest BCUT2D eigenvalue weighted by Crippen LogP contribution is -2.31. The Morgan fingerprint density at radius 3 is 3.00 bits per heavy atom. The van der Waals surface area contributed by atoms with Crippen LogP contribution in [-0.4, -0.2) is 32.0 Å². The smallest absolute Gasteiger partial charge is 0.182 e. The van der Waals surface area contributed by atoms with Crippen LogP contribution in [0, 0.1) is 0 Å². The number of aromatic nitrogens is 4. The number of rotatable bonds is 5. The summed E-state index contributed by atoms with van der Waals surface area (Å²) in [4.78, 5) is 12.7. The van der Waals surface area contributed by atoms with Crippen LogP contribution in [0.4, 0.5) is 0 Å². The van der Waals surface area contributed by atoms with Crippen molar-refractivity contribution < 1.29 is 4.79 Å². The molecule has 2 N–H and O–H groups in total. The highest BCUT2D eigenvalue weighted by atomic mass is 16.1. The Morgan fingerprint density at radius 1 is 1.79 bits per heavy atom. The lowest BCUT2D eigenvalue weighted by Gasteiger charge is -2.04. The van der Waals surface area contributed by atoms with Gasteiger partial charge in [0.25, 0.3) is 0 Å². The number of carbonyl (C=O) groups is 1. The van der Waals surface area contributed by atoms with E-state index >= 15 is 0 Å². The van der Waals surface area contributed by atoms with Crippen LogP contribution in [0.25, 0.3) is 0 Å². The van der Waals surface area contributed by atoms with Crippen LogP contribution in [0.1, 0.15) is 12.2 Å². The number of tetrazole rings is 1. The normalized spacial score (nSPS) is 12.4. The summed E-state index contributed by atoms with van der Waals surface area (Å²) in [5, 5.41) is 11.2. The molecule has 0 amide bonds. The lowest BCUT2D eigenvalue weighted by atomic mass is 10.1. The number of hydrogen-bond acceptors (Lipinski definition) is 5. The fraction of sp³-hybridized carbons (Fsp3) is 0.500. The van der Waals surface area contributed by atoms with E-state index in [0.29, 0.717) is 12.2 Å². The summed E-state index contributed by atoms with van der Waals surface area (Å²) < 4.78 is 0. The quantitative estimate of drug-likeness (QED) is 0.623. The molecule has 0 bridgehead atoms. The van der Waals surface area contributed by atoms with Crippen LogP contribution in [0.15, 0.2) is 12.7 Å². The first kappa shape index (κ1) is 10.5. The topological polar surface area (TPSA) is 86.7 Å². The number of aryl methyl sites for hydroxylation is 1. The Hall–Kier alpha value is -1.56. The summed E-state index contributed by atoms with van der Waals surface area (Å²) in [6.07, 6.45) is 2.22. The van der Waals surface area contributed by atoms with Gasteiger partial charge in [-0.2, -0.15) is 4.80 Å². The molecule has 6 nitrogen and oxygen atoms in total. The van der Waals surface area contributed by atoms with Crippen molar-refractivity contribution in [2.75, 3.05) is 0 Å². The minimum Gasteiger partial charge on any atom is -0.321 e. The van der Waals surface area contributed by atoms with Gasteiger partial charge in [-0.05, 0) is 11.6 Å². The first-order valence-corrected chi connectivity index (χ1v) is 4.25. The van der Waals surface area contributed by atoms with Gasteiger partial charge in [0.15, 0.2) is 11.6 Å². The lowest BCUT2D eigenvalue weighted by molar-refractivity contribution is -0.119. The van der Waals surface area contributed by atoms with E-state index in [0.717, 1.165) is 0 Å². The number of hydrogen-bond donors (Lipinski definition) is 1. The van der Waals surface area contributed by atoms with Gasteiger partial charge in [-0.25, -0.2) is 0 Å². The van der Waals surface area contributed by atoms with Crippen LogP contribution in [0.3, 0.4) is 0 Å². The zero-order valence-electron chi connectivity index (χ0n) is 8.05. The highest BCUT2D eigenvalue weighted by Gasteiger charge is 2.14. The van der Waals surface area contributed by atoms with Gasteiger partial charge in [-0.1, -0.05) is 6.08 Å². The van der Waals surface area contributed by atoms with Gasteiger partial charge in [0.05, 0.1) is 19.5 Å². The van der Waals surface area contributed by atoms with Crippen molar-refractivity contribution in [2.45, 2.75) is 18.9 Å². The average Bonchev–Trinajstić information content (AvgIpc) is 2.51. The fourth-order valence-electron chi connectivity index (χ4n) is 0.992. The SMILES string of the molecule is C=CCC(N)C(=O)Cc1nnn(C)n1. The minimum absolute atomic E-state index is 0.0992. The molecule has 1 unspecified atom stereocenters. The van der Waals surface area contributed by atoms with Gasteiger partial charge in [0.2, 0.25) is 0 Å². The number of carbonyl (C=O) groups excluding carboxylic acids is 1. The molecule has 0 saturated heterocycles. The van der Waals surface area contributed by atoms with Gasteiger partial charge in [0, 0.05) is 0 Å². The first-order chi connectivity index (χ1) is 6.63. The molecule has 1 aromatic heterocycles. The number of Topliss-reactive ketones (excluding diaryl/α,β-unsaturated/α-hetero) is 1. The maximum Gasteiger partial charge on any atom is 0.182 e. The molecular formula is C8H13N5O. The van der Waals surface area contributed by atoms with Gasteiger partial charge in [0.1, 0.15) is 0 Å². The molecule has 0 aliphatic carbocycles. The second-order valence-electron chi connectivity index (χ2n) is 2.97. The van der Waals surface area contributed by atoms with E-state index in [-0.39, 0.29) is 12.2 Å². The third kappa shape index (κ3) is 2.74. The molecule has 1 heterocycles. The van der Waals surface area contributed by atoms with E-state index < -0.39 is 6.04 Å². The molecule has 0 aliphatic rings. The van der Waals surface area contributed by atoms with E-state index in [2.05, 4.69) is 22.0 Å². The largest absolute Gasteiger partial charge is 0.321 e. The zero-order chi connectivity index (χ0) is 10.6. The molecular weight excluding hydrogens is 182 g/mol. The van der Waals surface area contributed by atoms with Gasteiger partial charge < -0.3 is 5.73 Å². The zero-order valence-corrected chi connectivity index (χ0v) is 8.05. The molecule has 1 aromatic rings. The van der Waals surface area contributed by atoms with Crippen molar-refractivity contribution in [2.24, 2.45) is 12.8 Å². The predicted molar refractivity (Wildman–Crippen MR) is 50.3 cm³/mol. The number of nitrogens with zero attached hydrogens (tertiary/aromatic N) is 4. The van der Waals surface area contributed by atoms with E-state index in [1.807, 2.05) is 0 Å². The summed E-state index contributed by atoms with van der Waals surface area (Å²) in [6.45, 7) is 3.51. The van der Waals surface area contributed by atoms with E-state index in [1.54, 1.807) is 13.1 Å². The molecule has 6 heteroatoms. The van der Waals surface area contributed by atoms with Crippen LogP contribution in [0.5, 0.6) is 0 Å². The van der Waals surface area contributed by atoms with E-state index in [4.69, 9.17) is 5.73 Å². The fourth-order valence-corrected chi connectivity index (χ4v) is 0.992. The van der Waals surface area contributed by atoms with Crippen LogP contribution >= 0.6 is 0 Å². The van der Waals surface area contributed by atoms with Crippen molar-refractivity contribution in [1.29, 1.82) is 0 Å². The van der Waals surface area contributed by atoms with E-state index in [9.17, 15) is 4.79 Å². The summed E-state index contributed by atoms with van der Waals surface area (Å²) >= 11 is 0. The molecule has 0 aliphatic heterocycles. The molecule has 0 spiro atoms. The van der Waals surface area contributed by atoms with Gasteiger partial charge >= 0.3 is 0 Å². The molecule has 14 heavy (non-hydrogen) atoms. The summed E-state index contributed by atoms with van der Waals surface area (Å²) in [5.74, 6) is 0.301. The summed E-state index contributed by atoms with van der Waals surface area (Å²) in [7, 11) is 1.64. The monoisotopic (exact) mass is 195 g/mol. The first-order valence-electron chi connectivity index (χ1n) is 4.25. The molecule has 1 atom stereocenters. The standard InChI is InChI=1S/C8H13N5O/c1-3-4-6(9)7(14)5-8-10-12-13(2)11-8/h3,6H,1,4-5,9H2,2H3. The highest BCUT2D eigenvalue weighted by Crippen LogP contribution is 1.96. The third-order valence-corrected chi connectivity index (χ3v) is 1.72.